The van der Waals surface area contributed by atoms with Gasteiger partial charge in [-0.15, -0.1) is 0 Å². The summed E-state index contributed by atoms with van der Waals surface area (Å²) in [6, 6.07) is 10.4. The van der Waals surface area contributed by atoms with Gasteiger partial charge in [-0.1, -0.05) is 18.2 Å². The van der Waals surface area contributed by atoms with Crippen molar-refractivity contribution < 1.29 is 18.7 Å². The van der Waals surface area contributed by atoms with Crippen molar-refractivity contribution in [1.82, 2.24) is 15.8 Å². The van der Waals surface area contributed by atoms with Crippen LogP contribution in [-0.2, 0) is 0 Å². The van der Waals surface area contributed by atoms with Gasteiger partial charge in [0.05, 0.1) is 12.7 Å². The van der Waals surface area contributed by atoms with Crippen molar-refractivity contribution in [2.24, 2.45) is 0 Å². The molecule has 7 nitrogen and oxygen atoms in total. The topological polar surface area (TPSA) is 93.5 Å². The first-order valence-electron chi connectivity index (χ1n) is 7.19. The van der Waals surface area contributed by atoms with Crippen molar-refractivity contribution in [3.63, 3.8) is 0 Å². The molecule has 0 saturated heterocycles. The highest BCUT2D eigenvalue weighted by Crippen LogP contribution is 2.24. The number of carbonyl (C=O) groups excluding carboxylic acids is 2. The fraction of sp³-hybridized carbons (Fsp3) is 0.118. The lowest BCUT2D eigenvalue weighted by Crippen LogP contribution is -2.41. The van der Waals surface area contributed by atoms with E-state index in [1.807, 2.05) is 18.2 Å². The molecule has 2 heterocycles. The van der Waals surface area contributed by atoms with Crippen molar-refractivity contribution in [3.05, 3.63) is 59.5 Å². The molecular weight excluding hydrogens is 310 g/mol. The summed E-state index contributed by atoms with van der Waals surface area (Å²) in [6.45, 7) is 1.79. The van der Waals surface area contributed by atoms with E-state index in [0.29, 0.717) is 17.0 Å². The number of methoxy groups -OCH3 is 1. The standard InChI is InChI=1S/C17H15N3O4/c1-10-12-5-3-4-6-13(12)24-15(10)17(22)20-19-16(21)11-7-8-14(23-2)18-9-11/h3-9H,1-2H3,(H,19,21)(H,20,22). The number of benzene rings is 1. The van der Waals surface area contributed by atoms with Crippen molar-refractivity contribution in [2.45, 2.75) is 6.92 Å². The van der Waals surface area contributed by atoms with Gasteiger partial charge in [0.1, 0.15) is 5.58 Å². The highest BCUT2D eigenvalue weighted by Gasteiger charge is 2.18. The SMILES string of the molecule is COc1ccc(C(=O)NNC(=O)c2oc3ccccc3c2C)cn1. The largest absolute Gasteiger partial charge is 0.481 e. The molecule has 24 heavy (non-hydrogen) atoms. The Balaban J connectivity index is 1.69. The highest BCUT2D eigenvalue weighted by molar-refractivity contribution is 6.01. The Kier molecular flexibility index (Phi) is 4.15. The molecule has 3 aromatic rings. The average molecular weight is 325 g/mol. The number of pyridine rings is 1. The molecule has 0 unspecified atom stereocenters. The van der Waals surface area contributed by atoms with Crippen LogP contribution in [0.4, 0.5) is 0 Å². The lowest BCUT2D eigenvalue weighted by molar-refractivity contribution is 0.0831. The first-order chi connectivity index (χ1) is 11.6. The number of aromatic nitrogens is 1. The van der Waals surface area contributed by atoms with Crippen LogP contribution in [0.5, 0.6) is 5.88 Å². The Morgan fingerprint density at radius 3 is 2.50 bits per heavy atom. The molecule has 122 valence electrons. The van der Waals surface area contributed by atoms with Gasteiger partial charge in [-0.05, 0) is 19.1 Å². The summed E-state index contributed by atoms with van der Waals surface area (Å²) in [5.41, 5.74) is 6.28. The molecule has 3 rings (SSSR count). The zero-order chi connectivity index (χ0) is 17.1. The first kappa shape index (κ1) is 15.5. The quantitative estimate of drug-likeness (QED) is 0.720. The number of aryl methyl sites for hydroxylation is 1. The van der Waals surface area contributed by atoms with Crippen LogP contribution in [0.3, 0.4) is 0 Å². The third kappa shape index (κ3) is 2.91. The van der Waals surface area contributed by atoms with Gasteiger partial charge in [0, 0.05) is 23.2 Å². The number of ether oxygens (including phenoxy) is 1. The molecule has 0 saturated carbocycles. The Labute approximate surface area is 137 Å². The van der Waals surface area contributed by atoms with Gasteiger partial charge in [0.25, 0.3) is 5.91 Å². The van der Waals surface area contributed by atoms with Gasteiger partial charge in [0.2, 0.25) is 5.88 Å². The molecule has 0 radical (unpaired) electrons. The molecule has 2 aromatic heterocycles. The van der Waals surface area contributed by atoms with Crippen LogP contribution >= 0.6 is 0 Å². The second-order valence-electron chi connectivity index (χ2n) is 5.05. The van der Waals surface area contributed by atoms with Crippen LogP contribution in [0.1, 0.15) is 26.5 Å². The number of hydrazine groups is 1. The van der Waals surface area contributed by atoms with Gasteiger partial charge in [-0.2, -0.15) is 0 Å². The number of amides is 2. The predicted molar refractivity (Wildman–Crippen MR) is 86.7 cm³/mol. The summed E-state index contributed by atoms with van der Waals surface area (Å²) in [4.78, 5) is 28.1. The smallest absolute Gasteiger partial charge is 0.305 e. The van der Waals surface area contributed by atoms with E-state index >= 15 is 0 Å². The van der Waals surface area contributed by atoms with Crippen molar-refractivity contribution in [3.8, 4) is 5.88 Å². The number of hydrogen-bond acceptors (Lipinski definition) is 5. The van der Waals surface area contributed by atoms with E-state index in [9.17, 15) is 9.59 Å². The van der Waals surface area contributed by atoms with Gasteiger partial charge in [0.15, 0.2) is 5.76 Å². The fourth-order valence-electron chi connectivity index (χ4n) is 2.27. The number of furan rings is 1. The van der Waals surface area contributed by atoms with Crippen LogP contribution in [0.25, 0.3) is 11.0 Å². The van der Waals surface area contributed by atoms with Crippen LogP contribution in [0.15, 0.2) is 47.0 Å². The normalized spacial score (nSPS) is 10.4. The minimum absolute atomic E-state index is 0.157. The highest BCUT2D eigenvalue weighted by atomic mass is 16.5. The van der Waals surface area contributed by atoms with E-state index in [2.05, 4.69) is 15.8 Å². The lowest BCUT2D eigenvalue weighted by atomic mass is 10.1. The minimum atomic E-state index is -0.529. The average Bonchev–Trinajstić information content (AvgIpc) is 2.96. The van der Waals surface area contributed by atoms with Crippen molar-refractivity contribution in [1.29, 1.82) is 0 Å². The number of fused-ring (bicyclic) bond motifs is 1. The summed E-state index contributed by atoms with van der Waals surface area (Å²) >= 11 is 0. The van der Waals surface area contributed by atoms with Gasteiger partial charge in [-0.3, -0.25) is 20.4 Å². The molecule has 0 fully saturated rings. The first-order valence-corrected chi connectivity index (χ1v) is 7.19. The molecule has 0 spiro atoms. The molecule has 0 atom stereocenters. The van der Waals surface area contributed by atoms with E-state index in [0.717, 1.165) is 5.39 Å². The molecule has 2 amide bonds. The second-order valence-corrected chi connectivity index (χ2v) is 5.05. The number of para-hydroxylation sites is 1. The van der Waals surface area contributed by atoms with Crippen LogP contribution in [-0.4, -0.2) is 23.9 Å². The molecule has 2 N–H and O–H groups in total. The van der Waals surface area contributed by atoms with E-state index < -0.39 is 11.8 Å². The summed E-state index contributed by atoms with van der Waals surface area (Å²) in [6.07, 6.45) is 1.35. The Hall–Kier alpha value is -3.35. The molecule has 0 aliphatic rings. The molecule has 1 aromatic carbocycles. The van der Waals surface area contributed by atoms with Crippen molar-refractivity contribution >= 4 is 22.8 Å². The summed E-state index contributed by atoms with van der Waals surface area (Å²) in [5.74, 6) is -0.469. The Morgan fingerprint density at radius 2 is 1.83 bits per heavy atom. The maximum absolute atomic E-state index is 12.2. The maximum atomic E-state index is 12.2. The molecule has 0 bridgehead atoms. The second kappa shape index (κ2) is 6.41. The minimum Gasteiger partial charge on any atom is -0.481 e. The zero-order valence-corrected chi connectivity index (χ0v) is 13.1. The summed E-state index contributed by atoms with van der Waals surface area (Å²) in [5, 5.41) is 0.855. The fourth-order valence-corrected chi connectivity index (χ4v) is 2.27. The third-order valence-electron chi connectivity index (χ3n) is 3.55. The molecular formula is C17H15N3O4. The molecule has 0 aliphatic carbocycles. The van der Waals surface area contributed by atoms with Crippen LogP contribution in [0.2, 0.25) is 0 Å². The number of hydrogen-bond donors (Lipinski definition) is 2. The summed E-state index contributed by atoms with van der Waals surface area (Å²) in [7, 11) is 1.48. The monoisotopic (exact) mass is 325 g/mol. The van der Waals surface area contributed by atoms with Gasteiger partial charge >= 0.3 is 5.91 Å². The third-order valence-corrected chi connectivity index (χ3v) is 3.55. The maximum Gasteiger partial charge on any atom is 0.305 e. The van der Waals surface area contributed by atoms with E-state index in [4.69, 9.17) is 9.15 Å². The lowest BCUT2D eigenvalue weighted by Gasteiger charge is -2.06. The predicted octanol–water partition coefficient (Wildman–Crippen LogP) is 2.22. The van der Waals surface area contributed by atoms with Crippen LogP contribution in [0, 0.1) is 6.92 Å². The Bertz CT molecular complexity index is 900. The van der Waals surface area contributed by atoms with E-state index in [1.165, 1.54) is 13.3 Å². The van der Waals surface area contributed by atoms with E-state index in [1.54, 1.807) is 25.1 Å². The number of rotatable bonds is 3. The Morgan fingerprint density at radius 1 is 1.08 bits per heavy atom. The molecule has 7 heteroatoms. The summed E-state index contributed by atoms with van der Waals surface area (Å²) < 4.78 is 10.5. The van der Waals surface area contributed by atoms with Gasteiger partial charge in [-0.25, -0.2) is 4.98 Å². The van der Waals surface area contributed by atoms with Crippen molar-refractivity contribution in [2.75, 3.05) is 7.11 Å². The van der Waals surface area contributed by atoms with Gasteiger partial charge < -0.3 is 9.15 Å². The zero-order valence-electron chi connectivity index (χ0n) is 13.1. The van der Waals surface area contributed by atoms with E-state index in [-0.39, 0.29) is 11.3 Å². The number of carbonyl (C=O) groups is 2. The number of nitrogens with one attached hydrogen (secondary N) is 2. The molecule has 0 aliphatic heterocycles. The number of nitrogens with zero attached hydrogens (tertiary/aromatic N) is 1. The van der Waals surface area contributed by atoms with Crippen LogP contribution < -0.4 is 15.6 Å².